The van der Waals surface area contributed by atoms with Crippen molar-refractivity contribution in [3.05, 3.63) is 119 Å². The molecule has 0 radical (unpaired) electrons. The van der Waals surface area contributed by atoms with E-state index in [0.717, 1.165) is 111 Å². The third-order valence-corrected chi connectivity index (χ3v) is 8.86. The molecular weight excluding hydrogens is 805 g/mol. The molecule has 0 spiro atoms. The maximum atomic E-state index is 13.6. The number of halogens is 12. The number of alkyl halides is 12. The van der Waals surface area contributed by atoms with Crippen LogP contribution >= 0.6 is 0 Å². The van der Waals surface area contributed by atoms with Crippen LogP contribution < -0.4 is 19.3 Å². The number of quaternary nitrogens is 1. The number of rotatable bonds is 20. The van der Waals surface area contributed by atoms with Gasteiger partial charge in [0.05, 0.1) is 23.2 Å². The van der Waals surface area contributed by atoms with Crippen LogP contribution in [0.25, 0.3) is 0 Å². The summed E-state index contributed by atoms with van der Waals surface area (Å²) in [5.74, 6) is -0.395. The average Bonchev–Trinajstić information content (AvgIpc) is 3.17. The number of unbranched alkanes of at least 4 members (excludes halogenated alkanes) is 11. The molecule has 4 aromatic carbocycles. The van der Waals surface area contributed by atoms with Crippen LogP contribution in [0.15, 0.2) is 91.0 Å². The molecule has 0 aliphatic rings. The first-order chi connectivity index (χ1) is 27.8. The third kappa shape index (κ3) is 18.5. The Labute approximate surface area is 336 Å². The molecule has 0 fully saturated rings. The Hall–Kier alpha value is -4.54. The molecule has 0 heterocycles. The molecule has 0 bridgehead atoms. The third-order valence-electron chi connectivity index (χ3n) is 8.86. The lowest BCUT2D eigenvalue weighted by Crippen LogP contribution is -2.78. The lowest BCUT2D eigenvalue weighted by molar-refractivity contribution is -0.572. The van der Waals surface area contributed by atoms with Crippen LogP contribution in [0, 0.1) is 6.07 Å². The Bertz CT molecular complexity index is 1700. The monoisotopic (exact) mass is 851 g/mol. The Morgan fingerprint density at radius 3 is 1.22 bits per heavy atom. The minimum atomic E-state index is -4.65. The molecular formula is C42H46BF12NO3. The van der Waals surface area contributed by atoms with Crippen molar-refractivity contribution in [1.82, 2.24) is 0 Å². The number of nitrogens with two attached hydrogens (primary N) is 1. The van der Waals surface area contributed by atoms with Gasteiger partial charge in [0, 0.05) is 6.07 Å². The zero-order valence-corrected chi connectivity index (χ0v) is 32.3. The largest absolute Gasteiger partial charge is 0.864 e. The van der Waals surface area contributed by atoms with E-state index in [9.17, 15) is 52.7 Å². The second-order valence-electron chi connectivity index (χ2n) is 13.6. The number of hydrogen-bond donors (Lipinski definition) is 1. The fourth-order valence-electron chi connectivity index (χ4n) is 5.65. The van der Waals surface area contributed by atoms with E-state index in [1.165, 1.54) is 57.1 Å². The van der Waals surface area contributed by atoms with Gasteiger partial charge in [-0.25, -0.2) is 0 Å². The molecule has 0 aliphatic carbocycles. The zero-order chi connectivity index (χ0) is 43.5. The molecule has 4 rings (SSSR count). The van der Waals surface area contributed by atoms with Crippen LogP contribution in [0.1, 0.15) is 106 Å². The van der Waals surface area contributed by atoms with E-state index < -0.39 is 54.3 Å². The zero-order valence-electron chi connectivity index (χ0n) is 32.3. The fraction of sp³-hybridized carbons (Fsp3) is 0.429. The van der Waals surface area contributed by atoms with Crippen molar-refractivity contribution < 1.29 is 72.0 Å². The standard InChI is InChI=1S/C35H41BF9NO3.C7H4F3/c1-2-3-4-5-6-7-8-9-10-11-12-13-24-46-31-25-28(35(43,44)45)18-23-32(31)49-36(47-29-19-14-26(15-20-29)33(37,38)39)48-30-21-16-27(17-22-30)34(40,41)42;8-7(9,10)6-4-2-1-3-5-6/h14-23,25,46H,2-13,24H2,1H3;2-5H/q;-1/p+1. The normalized spacial score (nSPS) is 12.1. The van der Waals surface area contributed by atoms with E-state index in [2.05, 4.69) is 13.0 Å². The highest BCUT2D eigenvalue weighted by Gasteiger charge is 2.37. The van der Waals surface area contributed by atoms with E-state index in [0.29, 0.717) is 6.54 Å². The first-order valence-electron chi connectivity index (χ1n) is 19.2. The molecule has 0 aliphatic heterocycles. The van der Waals surface area contributed by atoms with Crippen LogP contribution in [0.2, 0.25) is 0 Å². The van der Waals surface area contributed by atoms with Gasteiger partial charge in [-0.1, -0.05) is 76.7 Å². The van der Waals surface area contributed by atoms with Gasteiger partial charge in [0.2, 0.25) is 0 Å². The van der Waals surface area contributed by atoms with E-state index >= 15 is 0 Å². The van der Waals surface area contributed by atoms with Crippen LogP contribution in [0.3, 0.4) is 0 Å². The predicted molar refractivity (Wildman–Crippen MR) is 200 cm³/mol. The summed E-state index contributed by atoms with van der Waals surface area (Å²) in [5.41, 5.74) is -3.40. The molecule has 4 aromatic rings. The lowest BCUT2D eigenvalue weighted by Gasteiger charge is -2.19. The summed E-state index contributed by atoms with van der Waals surface area (Å²) in [4.78, 5) is 0. The summed E-state index contributed by atoms with van der Waals surface area (Å²) in [6, 6.07) is 16.7. The molecule has 0 aromatic heterocycles. The van der Waals surface area contributed by atoms with Gasteiger partial charge in [0.15, 0.2) is 11.4 Å². The van der Waals surface area contributed by atoms with Gasteiger partial charge in [-0.2, -0.15) is 83.0 Å². The average molecular weight is 852 g/mol. The van der Waals surface area contributed by atoms with Crippen molar-refractivity contribution in [3.63, 3.8) is 0 Å². The molecule has 0 unspecified atom stereocenters. The van der Waals surface area contributed by atoms with Gasteiger partial charge >= 0.3 is 32.0 Å². The van der Waals surface area contributed by atoms with Gasteiger partial charge in [-0.05, 0) is 73.5 Å². The van der Waals surface area contributed by atoms with Crippen LogP contribution in [0.4, 0.5) is 58.4 Å². The topological polar surface area (TPSA) is 44.3 Å². The van der Waals surface area contributed by atoms with Crippen molar-refractivity contribution in [1.29, 1.82) is 0 Å². The van der Waals surface area contributed by atoms with Gasteiger partial charge in [-0.3, -0.25) is 0 Å². The minimum Gasteiger partial charge on any atom is -0.490 e. The highest BCUT2D eigenvalue weighted by molar-refractivity contribution is 6.39. The Morgan fingerprint density at radius 2 is 0.831 bits per heavy atom. The lowest BCUT2D eigenvalue weighted by atomic mass is 10.1. The number of hydrogen-bond acceptors (Lipinski definition) is 3. The summed E-state index contributed by atoms with van der Waals surface area (Å²) in [5, 5.41) is 1.59. The molecule has 324 valence electrons. The van der Waals surface area contributed by atoms with E-state index in [-0.39, 0.29) is 22.9 Å². The van der Waals surface area contributed by atoms with Gasteiger partial charge < -0.3 is 19.3 Å². The molecule has 0 atom stereocenters. The quantitative estimate of drug-likeness (QED) is 0.0317. The summed E-state index contributed by atoms with van der Waals surface area (Å²) < 4.78 is 171. The van der Waals surface area contributed by atoms with E-state index in [1.54, 1.807) is 5.32 Å². The second kappa shape index (κ2) is 23.3. The fourth-order valence-corrected chi connectivity index (χ4v) is 5.65. The molecule has 2 N–H and O–H groups in total. The van der Waals surface area contributed by atoms with Crippen molar-refractivity contribution in [2.24, 2.45) is 0 Å². The van der Waals surface area contributed by atoms with Gasteiger partial charge in [-0.15, -0.1) is 0 Å². The molecule has 59 heavy (non-hydrogen) atoms. The molecule has 0 saturated carbocycles. The first kappa shape index (κ1) is 48.8. The van der Waals surface area contributed by atoms with Crippen LogP contribution in [0.5, 0.6) is 17.2 Å². The van der Waals surface area contributed by atoms with Crippen molar-refractivity contribution in [2.75, 3.05) is 6.54 Å². The predicted octanol–water partition coefficient (Wildman–Crippen LogP) is 13.7. The van der Waals surface area contributed by atoms with Crippen LogP contribution in [-0.2, 0) is 24.7 Å². The van der Waals surface area contributed by atoms with Crippen molar-refractivity contribution >= 4 is 13.0 Å². The van der Waals surface area contributed by atoms with E-state index in [1.807, 2.05) is 0 Å². The maximum absolute atomic E-state index is 13.6. The number of benzene rings is 4. The summed E-state index contributed by atoms with van der Waals surface area (Å²) >= 11 is 0. The van der Waals surface area contributed by atoms with E-state index in [4.69, 9.17) is 14.0 Å². The highest BCUT2D eigenvalue weighted by Crippen LogP contribution is 2.35. The van der Waals surface area contributed by atoms with Crippen molar-refractivity contribution in [2.45, 2.75) is 109 Å². The second-order valence-corrected chi connectivity index (χ2v) is 13.6. The van der Waals surface area contributed by atoms with Gasteiger partial charge in [0.25, 0.3) is 0 Å². The maximum Gasteiger partial charge on any atom is 0.864 e. The van der Waals surface area contributed by atoms with Crippen LogP contribution in [-0.4, -0.2) is 13.9 Å². The Balaban J connectivity index is 0.000000809. The Morgan fingerprint density at radius 1 is 0.458 bits per heavy atom. The Kier molecular flexibility index (Phi) is 19.3. The minimum absolute atomic E-state index is 0.0786. The van der Waals surface area contributed by atoms with Gasteiger partial charge in [0.1, 0.15) is 11.5 Å². The smallest absolute Gasteiger partial charge is 0.490 e. The van der Waals surface area contributed by atoms with Crippen molar-refractivity contribution in [3.8, 4) is 17.2 Å². The molecule has 17 heteroatoms. The highest BCUT2D eigenvalue weighted by atomic mass is 19.4. The molecule has 0 saturated heterocycles. The molecule has 0 amide bonds. The summed E-state index contributed by atoms with van der Waals surface area (Å²) in [6.45, 7) is 2.63. The first-order valence-corrected chi connectivity index (χ1v) is 19.2. The summed E-state index contributed by atoms with van der Waals surface area (Å²) in [6.07, 6.45) is -4.57. The summed E-state index contributed by atoms with van der Waals surface area (Å²) in [7, 11) is -1.80. The molecule has 4 nitrogen and oxygen atoms in total. The SMILES string of the molecule is CCCCCCCCCCCCCC[NH2+]c1cc(C(F)(F)F)ccc1OB(Oc1ccc(C(F)(F)F)cc1)Oc1ccc(C(F)(F)F)cc1.FC(F)(F)c1cc[c-]cc1.